The summed E-state index contributed by atoms with van der Waals surface area (Å²) in [6.07, 6.45) is 6.22. The Morgan fingerprint density at radius 2 is 1.62 bits per heavy atom. The predicted molar refractivity (Wildman–Crippen MR) is 201 cm³/mol. The van der Waals surface area contributed by atoms with Crippen LogP contribution in [-0.4, -0.2) is 33.1 Å². The fourth-order valence-electron chi connectivity index (χ4n) is 5.78. The van der Waals surface area contributed by atoms with E-state index in [9.17, 15) is 9.59 Å². The van der Waals surface area contributed by atoms with Gasteiger partial charge in [0.15, 0.2) is 0 Å². The molecule has 0 aliphatic heterocycles. The van der Waals surface area contributed by atoms with Gasteiger partial charge in [-0.1, -0.05) is 108 Å². The van der Waals surface area contributed by atoms with E-state index in [0.29, 0.717) is 40.3 Å². The first-order valence-corrected chi connectivity index (χ1v) is 17.0. The van der Waals surface area contributed by atoms with Crippen molar-refractivity contribution in [2.24, 2.45) is 0 Å². The van der Waals surface area contributed by atoms with Gasteiger partial charge in [0.05, 0.1) is 23.4 Å². The Morgan fingerprint density at radius 1 is 0.900 bits per heavy atom. The quantitative estimate of drug-likeness (QED) is 0.117. The number of carbonyl (C=O) groups excluding carboxylic acids is 1. The van der Waals surface area contributed by atoms with Gasteiger partial charge in [-0.3, -0.25) is 9.59 Å². The van der Waals surface area contributed by atoms with E-state index in [1.54, 1.807) is 12.1 Å². The van der Waals surface area contributed by atoms with Gasteiger partial charge in [0.1, 0.15) is 18.1 Å². The van der Waals surface area contributed by atoms with E-state index in [-0.39, 0.29) is 24.9 Å². The minimum absolute atomic E-state index is 0.0607. The molecule has 1 aromatic heterocycles. The molecule has 50 heavy (non-hydrogen) atoms. The van der Waals surface area contributed by atoms with Crippen molar-refractivity contribution >= 4 is 58.0 Å². The van der Waals surface area contributed by atoms with Crippen LogP contribution in [0.1, 0.15) is 42.8 Å². The fourth-order valence-corrected chi connectivity index (χ4v) is 6.28. The van der Waals surface area contributed by atoms with E-state index < -0.39 is 5.97 Å². The third-order valence-electron chi connectivity index (χ3n) is 8.32. The van der Waals surface area contributed by atoms with E-state index in [0.717, 1.165) is 38.6 Å². The molecule has 0 aliphatic rings. The van der Waals surface area contributed by atoms with Crippen LogP contribution in [0.3, 0.4) is 0 Å². The molecular formula is C41H35Cl2N3O4. The number of amides is 1. The molecule has 252 valence electrons. The Bertz CT molecular complexity index is 2150. The maximum absolute atomic E-state index is 13.4. The molecule has 1 heterocycles. The fraction of sp³-hybridized carbons (Fsp3) is 0.146. The highest BCUT2D eigenvalue weighted by Crippen LogP contribution is 2.31. The molecule has 0 saturated carbocycles. The summed E-state index contributed by atoms with van der Waals surface area (Å²) in [6, 6.07) is 35.2. The average Bonchev–Trinajstić information content (AvgIpc) is 3.50. The van der Waals surface area contributed by atoms with Crippen molar-refractivity contribution in [3.63, 3.8) is 0 Å². The van der Waals surface area contributed by atoms with Crippen LogP contribution in [0.4, 0.5) is 0 Å². The van der Waals surface area contributed by atoms with Gasteiger partial charge in [0.25, 0.3) is 0 Å². The van der Waals surface area contributed by atoms with Crippen molar-refractivity contribution in [1.82, 2.24) is 14.9 Å². The lowest BCUT2D eigenvalue weighted by Crippen LogP contribution is -2.30. The molecule has 6 rings (SSSR count). The third-order valence-corrected chi connectivity index (χ3v) is 8.87. The molecule has 0 saturated heterocycles. The summed E-state index contributed by atoms with van der Waals surface area (Å²) >= 11 is 12.7. The lowest BCUT2D eigenvalue weighted by atomic mass is 10.00. The summed E-state index contributed by atoms with van der Waals surface area (Å²) in [5.41, 5.74) is 5.43. The Morgan fingerprint density at radius 3 is 2.36 bits per heavy atom. The number of aliphatic carboxylic acids is 1. The molecule has 0 aliphatic carbocycles. The highest BCUT2D eigenvalue weighted by Gasteiger charge is 2.16. The zero-order chi connectivity index (χ0) is 35.0. The van der Waals surface area contributed by atoms with Gasteiger partial charge < -0.3 is 19.7 Å². The smallest absolute Gasteiger partial charge is 0.303 e. The van der Waals surface area contributed by atoms with Gasteiger partial charge >= 0.3 is 5.97 Å². The number of aromatic nitrogens is 2. The van der Waals surface area contributed by atoms with Crippen LogP contribution in [0.5, 0.6) is 5.75 Å². The second-order valence-corrected chi connectivity index (χ2v) is 12.8. The molecule has 0 fully saturated rings. The van der Waals surface area contributed by atoms with Gasteiger partial charge in [0, 0.05) is 23.2 Å². The number of nitrogens with zero attached hydrogens (tertiary/aromatic N) is 2. The highest BCUT2D eigenvalue weighted by atomic mass is 35.5. The van der Waals surface area contributed by atoms with Crippen LogP contribution < -0.4 is 10.1 Å². The second kappa shape index (κ2) is 15.9. The van der Waals surface area contributed by atoms with Crippen molar-refractivity contribution in [1.29, 1.82) is 0 Å². The normalized spacial score (nSPS) is 11.9. The van der Waals surface area contributed by atoms with E-state index >= 15 is 0 Å². The van der Waals surface area contributed by atoms with E-state index in [1.165, 1.54) is 0 Å². The molecule has 1 amide bonds. The van der Waals surface area contributed by atoms with E-state index in [4.69, 9.17) is 38.0 Å². The molecule has 0 spiro atoms. The van der Waals surface area contributed by atoms with Crippen LogP contribution >= 0.6 is 23.2 Å². The number of carboxylic acid groups (broad SMARTS) is 1. The molecule has 0 radical (unpaired) electrons. The first-order valence-electron chi connectivity index (χ1n) is 16.3. The number of nitrogens with one attached hydrogen (secondary N) is 1. The highest BCUT2D eigenvalue weighted by molar-refractivity contribution is 6.36. The van der Waals surface area contributed by atoms with Crippen LogP contribution in [-0.2, 0) is 16.1 Å². The molecule has 0 bridgehead atoms. The summed E-state index contributed by atoms with van der Waals surface area (Å²) in [5.74, 6) is 0.324. The van der Waals surface area contributed by atoms with Crippen molar-refractivity contribution in [2.45, 2.75) is 32.4 Å². The van der Waals surface area contributed by atoms with Gasteiger partial charge in [0.2, 0.25) is 5.91 Å². The average molecular weight is 705 g/mol. The number of imidazole rings is 1. The zero-order valence-corrected chi connectivity index (χ0v) is 28.9. The summed E-state index contributed by atoms with van der Waals surface area (Å²) in [5, 5.41) is 15.2. The number of rotatable bonds is 13. The summed E-state index contributed by atoms with van der Waals surface area (Å²) in [6.45, 7) is 2.41. The Balaban J connectivity index is 1.18. The molecule has 5 aromatic carbocycles. The summed E-state index contributed by atoms with van der Waals surface area (Å²) < 4.78 is 7.47. The van der Waals surface area contributed by atoms with E-state index in [2.05, 4.69) is 23.5 Å². The number of carboxylic acids is 1. The van der Waals surface area contributed by atoms with Crippen LogP contribution in [0.25, 0.3) is 45.3 Å². The molecule has 1 unspecified atom stereocenters. The van der Waals surface area contributed by atoms with Crippen LogP contribution in [0.2, 0.25) is 10.0 Å². The van der Waals surface area contributed by atoms with Crippen LogP contribution in [0, 0.1) is 0 Å². The molecule has 7 nitrogen and oxygen atoms in total. The van der Waals surface area contributed by atoms with Crippen LogP contribution in [0.15, 0.2) is 115 Å². The number of hydrogen-bond donors (Lipinski definition) is 2. The van der Waals surface area contributed by atoms with Crippen molar-refractivity contribution in [3.8, 4) is 28.1 Å². The van der Waals surface area contributed by atoms with Gasteiger partial charge in [-0.05, 0) is 82.8 Å². The SMILES string of the molecule is CC(NC(=O)Cn1cc(-c2ccc(Cl)cc2Cl)nc1C=Cc1ccc(-c2ccc(OCCCC(=O)O)cc2)cc1)c1cccc2ccccc12. The number of fused-ring (bicyclic) bond motifs is 1. The van der Waals surface area contributed by atoms with Crippen molar-refractivity contribution < 1.29 is 19.4 Å². The molecule has 9 heteroatoms. The third kappa shape index (κ3) is 8.61. The Kier molecular flexibility index (Phi) is 11.0. The number of hydrogen-bond acceptors (Lipinski definition) is 4. The van der Waals surface area contributed by atoms with Gasteiger partial charge in [-0.15, -0.1) is 0 Å². The first-order chi connectivity index (χ1) is 24.2. The monoisotopic (exact) mass is 703 g/mol. The number of carbonyl (C=O) groups is 2. The predicted octanol–water partition coefficient (Wildman–Crippen LogP) is 9.97. The Labute approximate surface area is 300 Å². The molecule has 1 atom stereocenters. The maximum atomic E-state index is 13.4. The minimum atomic E-state index is -0.828. The van der Waals surface area contributed by atoms with Crippen molar-refractivity contribution in [3.05, 3.63) is 142 Å². The maximum Gasteiger partial charge on any atom is 0.303 e. The first kappa shape index (κ1) is 34.5. The Hall–Kier alpha value is -5.37. The number of benzene rings is 5. The van der Waals surface area contributed by atoms with Crippen molar-refractivity contribution in [2.75, 3.05) is 6.61 Å². The topological polar surface area (TPSA) is 93.5 Å². The lowest BCUT2D eigenvalue weighted by molar-refractivity contribution is -0.137. The zero-order valence-electron chi connectivity index (χ0n) is 27.4. The standard InChI is InChI=1S/C41H35Cl2N3O4/c1-27(34-9-4-7-31-6-2-3-8-35(31)34)44-40(47)26-46-25-38(36-21-18-32(42)24-37(36)43)45-39(46)22-13-28-11-14-29(15-12-28)30-16-19-33(20-17-30)50-23-5-10-41(48)49/h2-4,6-9,11-22,24-25,27H,5,10,23,26H2,1H3,(H,44,47)(H,48,49). The lowest BCUT2D eigenvalue weighted by Gasteiger charge is -2.17. The number of halogens is 2. The second-order valence-electron chi connectivity index (χ2n) is 11.9. The minimum Gasteiger partial charge on any atom is -0.494 e. The molecule has 2 N–H and O–H groups in total. The van der Waals surface area contributed by atoms with Gasteiger partial charge in [-0.2, -0.15) is 0 Å². The summed E-state index contributed by atoms with van der Waals surface area (Å²) in [7, 11) is 0. The molecule has 6 aromatic rings. The number of ether oxygens (including phenoxy) is 1. The summed E-state index contributed by atoms with van der Waals surface area (Å²) in [4.78, 5) is 29.0. The molecular weight excluding hydrogens is 669 g/mol. The van der Waals surface area contributed by atoms with Gasteiger partial charge in [-0.25, -0.2) is 4.98 Å². The van der Waals surface area contributed by atoms with E-state index in [1.807, 2.05) is 109 Å². The largest absolute Gasteiger partial charge is 0.494 e.